The largest absolute Gasteiger partial charge is 0.467 e. The molecule has 0 fully saturated rings. The van der Waals surface area contributed by atoms with Crippen molar-refractivity contribution in [2.24, 2.45) is 0 Å². The van der Waals surface area contributed by atoms with E-state index in [9.17, 15) is 9.59 Å². The minimum absolute atomic E-state index is 0.0526. The standard InChI is InChI=1S/C18H18ClN3O3S/c1-11(2)20-16(23)10-26-18-21-15-8-12(19)5-6-14(15)17(24)22(18)9-13-4-3-7-25-13/h3-8,11H,9-10H2,1-2H3,(H,20,23). The molecule has 0 unspecified atom stereocenters. The smallest absolute Gasteiger partial charge is 0.262 e. The highest BCUT2D eigenvalue weighted by molar-refractivity contribution is 7.99. The van der Waals surface area contributed by atoms with Gasteiger partial charge in [-0.15, -0.1) is 0 Å². The molecule has 0 spiro atoms. The number of aromatic nitrogens is 2. The molecule has 0 saturated heterocycles. The summed E-state index contributed by atoms with van der Waals surface area (Å²) in [4.78, 5) is 29.5. The third-order valence-corrected chi connectivity index (χ3v) is 4.77. The minimum atomic E-state index is -0.199. The predicted octanol–water partition coefficient (Wildman–Crippen LogP) is 3.31. The molecule has 136 valence electrons. The number of hydrogen-bond donors (Lipinski definition) is 1. The second-order valence-corrected chi connectivity index (χ2v) is 7.42. The summed E-state index contributed by atoms with van der Waals surface area (Å²) in [5, 5.41) is 4.24. The monoisotopic (exact) mass is 391 g/mol. The molecule has 3 aromatic rings. The number of halogens is 1. The summed E-state index contributed by atoms with van der Waals surface area (Å²) in [6, 6.07) is 8.57. The van der Waals surface area contributed by atoms with Crippen LogP contribution in [0.2, 0.25) is 5.02 Å². The molecular weight excluding hydrogens is 374 g/mol. The maximum atomic E-state index is 12.9. The van der Waals surface area contributed by atoms with Crippen molar-refractivity contribution in [2.45, 2.75) is 31.6 Å². The lowest BCUT2D eigenvalue weighted by Gasteiger charge is -2.13. The van der Waals surface area contributed by atoms with Gasteiger partial charge in [0.15, 0.2) is 5.16 Å². The molecule has 0 aliphatic heterocycles. The van der Waals surface area contributed by atoms with Gasteiger partial charge in [-0.05, 0) is 44.2 Å². The Balaban J connectivity index is 2.00. The zero-order valence-electron chi connectivity index (χ0n) is 14.4. The Kier molecular flexibility index (Phi) is 5.68. The van der Waals surface area contributed by atoms with Crippen LogP contribution < -0.4 is 10.9 Å². The van der Waals surface area contributed by atoms with Crippen molar-refractivity contribution in [1.82, 2.24) is 14.9 Å². The number of rotatable bonds is 6. The van der Waals surface area contributed by atoms with Crippen LogP contribution in [0.4, 0.5) is 0 Å². The number of benzene rings is 1. The van der Waals surface area contributed by atoms with Crippen LogP contribution in [0.3, 0.4) is 0 Å². The fourth-order valence-electron chi connectivity index (χ4n) is 2.48. The van der Waals surface area contributed by atoms with Crippen LogP contribution in [0.25, 0.3) is 10.9 Å². The van der Waals surface area contributed by atoms with E-state index in [1.807, 2.05) is 13.8 Å². The van der Waals surface area contributed by atoms with Crippen molar-refractivity contribution >= 4 is 40.2 Å². The maximum Gasteiger partial charge on any atom is 0.262 e. The number of fused-ring (bicyclic) bond motifs is 1. The molecule has 26 heavy (non-hydrogen) atoms. The van der Waals surface area contributed by atoms with Gasteiger partial charge in [0.1, 0.15) is 5.76 Å². The minimum Gasteiger partial charge on any atom is -0.467 e. The van der Waals surface area contributed by atoms with Gasteiger partial charge in [-0.1, -0.05) is 23.4 Å². The van der Waals surface area contributed by atoms with Gasteiger partial charge in [-0.2, -0.15) is 0 Å². The van der Waals surface area contributed by atoms with Crippen molar-refractivity contribution in [1.29, 1.82) is 0 Å². The fraction of sp³-hybridized carbons (Fsp3) is 0.278. The number of thioether (sulfide) groups is 1. The molecule has 0 aliphatic carbocycles. The van der Waals surface area contributed by atoms with Gasteiger partial charge in [0.2, 0.25) is 5.91 Å². The van der Waals surface area contributed by atoms with Crippen LogP contribution in [0.5, 0.6) is 0 Å². The van der Waals surface area contributed by atoms with Crippen LogP contribution in [-0.2, 0) is 11.3 Å². The van der Waals surface area contributed by atoms with Gasteiger partial charge in [-0.3, -0.25) is 14.2 Å². The van der Waals surface area contributed by atoms with Gasteiger partial charge < -0.3 is 9.73 Å². The molecule has 0 bridgehead atoms. The summed E-state index contributed by atoms with van der Waals surface area (Å²) in [5.74, 6) is 0.681. The van der Waals surface area contributed by atoms with Crippen molar-refractivity contribution in [2.75, 3.05) is 5.75 Å². The average molecular weight is 392 g/mol. The maximum absolute atomic E-state index is 12.9. The Morgan fingerprint density at radius 3 is 2.88 bits per heavy atom. The zero-order chi connectivity index (χ0) is 18.7. The van der Waals surface area contributed by atoms with E-state index in [-0.39, 0.29) is 29.8 Å². The van der Waals surface area contributed by atoms with Gasteiger partial charge in [0.05, 0.1) is 29.5 Å². The normalized spacial score (nSPS) is 11.2. The molecule has 2 heterocycles. The molecule has 1 amide bonds. The highest BCUT2D eigenvalue weighted by atomic mass is 35.5. The molecule has 0 saturated carbocycles. The summed E-state index contributed by atoms with van der Waals surface area (Å²) in [7, 11) is 0. The molecule has 1 aromatic carbocycles. The number of carbonyl (C=O) groups is 1. The van der Waals surface area contributed by atoms with E-state index in [2.05, 4.69) is 10.3 Å². The lowest BCUT2D eigenvalue weighted by molar-refractivity contribution is -0.119. The SMILES string of the molecule is CC(C)NC(=O)CSc1nc2cc(Cl)ccc2c(=O)n1Cc1ccco1. The molecule has 6 nitrogen and oxygen atoms in total. The van der Waals surface area contributed by atoms with Crippen LogP contribution in [0, 0.1) is 0 Å². The quantitative estimate of drug-likeness (QED) is 0.515. The number of nitrogens with one attached hydrogen (secondary N) is 1. The van der Waals surface area contributed by atoms with Crippen molar-refractivity contribution in [3.63, 3.8) is 0 Å². The van der Waals surface area contributed by atoms with Gasteiger partial charge in [0, 0.05) is 11.1 Å². The Hall–Kier alpha value is -2.25. The molecule has 2 aromatic heterocycles. The molecular formula is C18H18ClN3O3S. The summed E-state index contributed by atoms with van der Waals surface area (Å²) >= 11 is 7.24. The van der Waals surface area contributed by atoms with Crippen LogP contribution in [-0.4, -0.2) is 27.3 Å². The second-order valence-electron chi connectivity index (χ2n) is 6.04. The lowest BCUT2D eigenvalue weighted by atomic mass is 10.2. The number of hydrogen-bond acceptors (Lipinski definition) is 5. The predicted molar refractivity (Wildman–Crippen MR) is 103 cm³/mol. The summed E-state index contributed by atoms with van der Waals surface area (Å²) < 4.78 is 6.88. The van der Waals surface area contributed by atoms with Crippen LogP contribution in [0.15, 0.2) is 51.0 Å². The van der Waals surface area contributed by atoms with Crippen LogP contribution in [0.1, 0.15) is 19.6 Å². The van der Waals surface area contributed by atoms with E-state index in [1.54, 1.807) is 36.6 Å². The molecule has 0 atom stereocenters. The zero-order valence-corrected chi connectivity index (χ0v) is 15.9. The molecule has 0 radical (unpaired) electrons. The molecule has 8 heteroatoms. The topological polar surface area (TPSA) is 77.1 Å². The Morgan fingerprint density at radius 2 is 2.19 bits per heavy atom. The second kappa shape index (κ2) is 7.97. The number of furan rings is 1. The first-order valence-electron chi connectivity index (χ1n) is 8.08. The molecule has 3 rings (SSSR count). The number of carbonyl (C=O) groups excluding carboxylic acids is 1. The number of amides is 1. The van der Waals surface area contributed by atoms with Crippen LogP contribution >= 0.6 is 23.4 Å². The highest BCUT2D eigenvalue weighted by Crippen LogP contribution is 2.21. The highest BCUT2D eigenvalue weighted by Gasteiger charge is 2.15. The van der Waals surface area contributed by atoms with E-state index >= 15 is 0 Å². The molecule has 0 aliphatic rings. The number of nitrogens with zero attached hydrogens (tertiary/aromatic N) is 2. The van der Waals surface area contributed by atoms with E-state index < -0.39 is 0 Å². The Bertz CT molecular complexity index is 983. The summed E-state index contributed by atoms with van der Waals surface area (Å²) in [6.07, 6.45) is 1.55. The van der Waals surface area contributed by atoms with E-state index in [0.717, 1.165) is 0 Å². The Labute approximate surface area is 159 Å². The average Bonchev–Trinajstić information content (AvgIpc) is 3.08. The van der Waals surface area contributed by atoms with E-state index in [0.29, 0.717) is 26.8 Å². The summed E-state index contributed by atoms with van der Waals surface area (Å²) in [6.45, 7) is 4.03. The summed E-state index contributed by atoms with van der Waals surface area (Å²) in [5.41, 5.74) is 0.305. The lowest BCUT2D eigenvalue weighted by Crippen LogP contribution is -2.32. The van der Waals surface area contributed by atoms with Crippen molar-refractivity contribution in [3.05, 3.63) is 57.7 Å². The van der Waals surface area contributed by atoms with Gasteiger partial charge in [0.25, 0.3) is 5.56 Å². The first-order chi connectivity index (χ1) is 12.4. The van der Waals surface area contributed by atoms with Gasteiger partial charge >= 0.3 is 0 Å². The van der Waals surface area contributed by atoms with Crippen molar-refractivity contribution < 1.29 is 9.21 Å². The first-order valence-corrected chi connectivity index (χ1v) is 9.45. The molecule has 1 N–H and O–H groups in total. The van der Waals surface area contributed by atoms with E-state index in [4.69, 9.17) is 16.0 Å². The van der Waals surface area contributed by atoms with Crippen molar-refractivity contribution in [3.8, 4) is 0 Å². The van der Waals surface area contributed by atoms with Gasteiger partial charge in [-0.25, -0.2) is 4.98 Å². The Morgan fingerprint density at radius 1 is 1.38 bits per heavy atom. The third kappa shape index (κ3) is 4.28. The third-order valence-electron chi connectivity index (χ3n) is 3.56. The van der Waals surface area contributed by atoms with E-state index in [1.165, 1.54) is 16.3 Å². The fourth-order valence-corrected chi connectivity index (χ4v) is 3.45. The first kappa shape index (κ1) is 18.5.